The van der Waals surface area contributed by atoms with E-state index in [1.807, 2.05) is 70.2 Å². The largest absolute Gasteiger partial charge is 0.469 e. The molecular weight excluding hydrogens is 678 g/mol. The van der Waals surface area contributed by atoms with E-state index in [1.165, 1.54) is 17.8 Å². The Bertz CT molecular complexity index is 1650. The smallest absolute Gasteiger partial charge is 0.410 e. The zero-order chi connectivity index (χ0) is 36.3. The van der Waals surface area contributed by atoms with Crippen molar-refractivity contribution in [3.63, 3.8) is 0 Å². The van der Waals surface area contributed by atoms with Crippen LogP contribution in [0.4, 0.5) is 9.18 Å². The first-order valence-corrected chi connectivity index (χ1v) is 17.6. The number of carbonyl (C=O) groups is 1. The number of amides is 1. The molecule has 2 saturated heterocycles. The number of halogens is 3. The van der Waals surface area contributed by atoms with Gasteiger partial charge < -0.3 is 24.8 Å². The molecule has 2 N–H and O–H groups in total. The summed E-state index contributed by atoms with van der Waals surface area (Å²) >= 11 is 11.5. The normalized spacial score (nSPS) is 18.2. The maximum absolute atomic E-state index is 12.3. The average Bonchev–Trinajstić information content (AvgIpc) is 3.80. The van der Waals surface area contributed by atoms with E-state index in [1.54, 1.807) is 18.0 Å². The van der Waals surface area contributed by atoms with Crippen molar-refractivity contribution in [2.45, 2.75) is 65.3 Å². The molecule has 0 unspecified atom stereocenters. The highest BCUT2D eigenvalue weighted by atomic mass is 35.5. The fourth-order valence-corrected chi connectivity index (χ4v) is 6.19. The lowest BCUT2D eigenvalue weighted by molar-refractivity contribution is 0.0268. The van der Waals surface area contributed by atoms with Crippen LogP contribution in [0.2, 0.25) is 10.0 Å². The van der Waals surface area contributed by atoms with Gasteiger partial charge >= 0.3 is 6.09 Å². The molecule has 268 valence electrons. The minimum Gasteiger partial charge on any atom is -0.469 e. The Morgan fingerprint density at radius 3 is 2.06 bits per heavy atom. The molecule has 4 heterocycles. The lowest BCUT2D eigenvalue weighted by Gasteiger charge is -2.25. The van der Waals surface area contributed by atoms with Gasteiger partial charge in [0.25, 0.3) is 0 Å². The number of benzene rings is 2. The molecule has 8 nitrogen and oxygen atoms in total. The highest BCUT2D eigenvalue weighted by molar-refractivity contribution is 6.30. The molecule has 2 aliphatic rings. The van der Waals surface area contributed by atoms with Gasteiger partial charge in [0.2, 0.25) is 11.8 Å². The van der Waals surface area contributed by atoms with Crippen LogP contribution >= 0.6 is 23.2 Å². The van der Waals surface area contributed by atoms with Crippen LogP contribution in [0, 0.1) is 31.6 Å². The monoisotopic (exact) mass is 724 g/mol. The Balaban J connectivity index is 0.000000182. The SMILES string of the molecule is CC(C)(C)OC(=O)N1CC[C@H]([C@@H](O)c2ccccc2)C1.Cc1cc(Cl)cnc1F.Cc1cc(Cl)cnc1O[C@@H](c1ccccc1)[C@H]1CCNC1. The quantitative estimate of drug-likeness (QED) is 0.192. The van der Waals surface area contributed by atoms with Crippen LogP contribution in [0.25, 0.3) is 0 Å². The van der Waals surface area contributed by atoms with Crippen LogP contribution in [0.5, 0.6) is 5.88 Å². The number of aromatic nitrogens is 2. The first-order chi connectivity index (χ1) is 23.8. The summed E-state index contributed by atoms with van der Waals surface area (Å²) in [5.41, 5.74) is 3.07. The Labute approximate surface area is 305 Å². The number of hydrogen-bond acceptors (Lipinski definition) is 7. The Morgan fingerprint density at radius 2 is 1.52 bits per heavy atom. The summed E-state index contributed by atoms with van der Waals surface area (Å²) in [6, 6.07) is 23.4. The molecule has 0 aliphatic carbocycles. The van der Waals surface area contributed by atoms with Crippen molar-refractivity contribution in [1.82, 2.24) is 20.2 Å². The lowest BCUT2D eigenvalue weighted by atomic mass is 9.95. The summed E-state index contributed by atoms with van der Waals surface area (Å²) in [6.07, 6.45) is 4.04. The Hall–Kier alpha value is -3.76. The van der Waals surface area contributed by atoms with Crippen molar-refractivity contribution >= 4 is 29.3 Å². The fraction of sp³-hybridized carbons (Fsp3) is 0.410. The first kappa shape index (κ1) is 39.0. The van der Waals surface area contributed by atoms with Gasteiger partial charge in [0, 0.05) is 55.0 Å². The van der Waals surface area contributed by atoms with Crippen molar-refractivity contribution in [2.75, 3.05) is 26.2 Å². The molecule has 50 heavy (non-hydrogen) atoms. The molecule has 4 atom stereocenters. The van der Waals surface area contributed by atoms with Crippen LogP contribution in [-0.4, -0.2) is 57.8 Å². The highest BCUT2D eigenvalue weighted by Crippen LogP contribution is 2.33. The number of pyridine rings is 2. The van der Waals surface area contributed by atoms with E-state index in [0.717, 1.165) is 37.1 Å². The maximum Gasteiger partial charge on any atom is 0.410 e. The highest BCUT2D eigenvalue weighted by Gasteiger charge is 2.34. The zero-order valence-electron chi connectivity index (χ0n) is 29.3. The van der Waals surface area contributed by atoms with Gasteiger partial charge in [-0.05, 0) is 77.3 Å². The van der Waals surface area contributed by atoms with Crippen LogP contribution in [0.1, 0.15) is 68.1 Å². The van der Waals surface area contributed by atoms with Crippen molar-refractivity contribution < 1.29 is 23.8 Å². The zero-order valence-corrected chi connectivity index (χ0v) is 30.8. The molecular formula is C39H47Cl2FN4O4. The van der Waals surface area contributed by atoms with Gasteiger partial charge in [-0.1, -0.05) is 83.9 Å². The molecule has 0 saturated carbocycles. The Morgan fingerprint density at radius 1 is 0.920 bits per heavy atom. The van der Waals surface area contributed by atoms with Gasteiger partial charge in [0.1, 0.15) is 11.7 Å². The average molecular weight is 726 g/mol. The predicted molar refractivity (Wildman–Crippen MR) is 196 cm³/mol. The molecule has 1 amide bonds. The third-order valence-corrected chi connectivity index (χ3v) is 8.75. The number of likely N-dealkylation sites (tertiary alicyclic amines) is 1. The number of hydrogen-bond donors (Lipinski definition) is 2. The first-order valence-electron chi connectivity index (χ1n) is 16.8. The summed E-state index contributed by atoms with van der Waals surface area (Å²) in [5.74, 6) is 0.744. The number of carbonyl (C=O) groups excluding carboxylic acids is 1. The van der Waals surface area contributed by atoms with Crippen molar-refractivity contribution in [3.8, 4) is 5.88 Å². The predicted octanol–water partition coefficient (Wildman–Crippen LogP) is 8.93. The minimum absolute atomic E-state index is 0.0218. The van der Waals surface area contributed by atoms with Crippen LogP contribution in [-0.2, 0) is 4.74 Å². The second-order valence-corrected chi connectivity index (χ2v) is 14.4. The second-order valence-electron chi connectivity index (χ2n) is 13.6. The maximum atomic E-state index is 12.3. The molecule has 4 aromatic rings. The van der Waals surface area contributed by atoms with Gasteiger partial charge in [-0.15, -0.1) is 0 Å². The topological polar surface area (TPSA) is 96.8 Å². The molecule has 0 spiro atoms. The van der Waals surface area contributed by atoms with Crippen LogP contribution < -0.4 is 10.1 Å². The molecule has 2 aromatic heterocycles. The number of aryl methyl sites for hydroxylation is 2. The van der Waals surface area contributed by atoms with Crippen LogP contribution in [0.15, 0.2) is 85.2 Å². The van der Waals surface area contributed by atoms with E-state index in [4.69, 9.17) is 32.7 Å². The molecule has 6 rings (SSSR count). The molecule has 0 radical (unpaired) electrons. The summed E-state index contributed by atoms with van der Waals surface area (Å²) in [7, 11) is 0. The van der Waals surface area contributed by atoms with E-state index < -0.39 is 17.7 Å². The Kier molecular flexibility index (Phi) is 14.4. The van der Waals surface area contributed by atoms with Gasteiger partial charge in [0.15, 0.2) is 0 Å². The number of nitrogens with zero attached hydrogens (tertiary/aromatic N) is 3. The van der Waals surface area contributed by atoms with Gasteiger partial charge in [0.05, 0.1) is 16.1 Å². The van der Waals surface area contributed by atoms with Gasteiger partial charge in [-0.2, -0.15) is 4.39 Å². The summed E-state index contributed by atoms with van der Waals surface area (Å²) in [5, 5.41) is 14.9. The summed E-state index contributed by atoms with van der Waals surface area (Å²) in [4.78, 5) is 21.4. The summed E-state index contributed by atoms with van der Waals surface area (Å²) in [6.45, 7) is 12.4. The van der Waals surface area contributed by atoms with Crippen molar-refractivity contribution in [2.24, 2.45) is 11.8 Å². The number of ether oxygens (including phenoxy) is 2. The number of rotatable bonds is 6. The number of nitrogens with one attached hydrogen (secondary N) is 1. The number of aliphatic hydroxyl groups is 1. The van der Waals surface area contributed by atoms with E-state index in [2.05, 4.69) is 39.6 Å². The molecule has 0 bridgehead atoms. The number of aliphatic hydroxyl groups excluding tert-OH is 1. The second kappa shape index (κ2) is 18.5. The van der Waals surface area contributed by atoms with Crippen LogP contribution in [0.3, 0.4) is 0 Å². The van der Waals surface area contributed by atoms with Gasteiger partial charge in [-0.25, -0.2) is 14.8 Å². The van der Waals surface area contributed by atoms with E-state index in [0.29, 0.717) is 40.5 Å². The fourth-order valence-electron chi connectivity index (χ4n) is 5.77. The third-order valence-electron chi connectivity index (χ3n) is 8.34. The minimum atomic E-state index is -0.524. The van der Waals surface area contributed by atoms with E-state index >= 15 is 0 Å². The van der Waals surface area contributed by atoms with Crippen molar-refractivity contribution in [1.29, 1.82) is 0 Å². The van der Waals surface area contributed by atoms with Crippen molar-refractivity contribution in [3.05, 3.63) is 123 Å². The molecule has 2 aliphatic heterocycles. The molecule has 11 heteroatoms. The third kappa shape index (κ3) is 11.9. The standard InChI is InChI=1S/C17H19ClN2O.C16H23NO3.C6H5ClFN/c1-12-9-15(18)11-20-17(12)21-16(14-7-8-19-10-14)13-5-3-2-4-6-13;1-16(2,3)20-15(19)17-10-9-13(11-17)14(18)12-7-5-4-6-8-12;1-4-2-5(7)3-9-6(4)8/h2-6,9,11,14,16,19H,7-8,10H2,1H3;4-8,13-14,18H,9-11H2,1-3H3;2-3H,1H3/t14-,16-;13-,14-;/m00./s1. The van der Waals surface area contributed by atoms with E-state index in [9.17, 15) is 14.3 Å². The lowest BCUT2D eigenvalue weighted by Crippen LogP contribution is -2.35. The molecule has 2 fully saturated rings. The summed E-state index contributed by atoms with van der Waals surface area (Å²) < 4.78 is 24.0. The van der Waals surface area contributed by atoms with Gasteiger partial charge in [-0.3, -0.25) is 0 Å². The molecule has 2 aromatic carbocycles. The van der Waals surface area contributed by atoms with E-state index in [-0.39, 0.29) is 18.1 Å².